The lowest BCUT2D eigenvalue weighted by molar-refractivity contribution is 0.0849. The summed E-state index contributed by atoms with van der Waals surface area (Å²) in [5, 5.41) is 0. The maximum absolute atomic E-state index is 12.5. The first-order valence-electron chi connectivity index (χ1n) is 13.3. The molecule has 2 heteroatoms. The van der Waals surface area contributed by atoms with E-state index in [0.717, 1.165) is 18.4 Å². The van der Waals surface area contributed by atoms with Crippen molar-refractivity contribution in [1.29, 1.82) is 0 Å². The maximum atomic E-state index is 12.5. The van der Waals surface area contributed by atoms with Crippen LogP contribution in [0, 0.1) is 6.92 Å². The summed E-state index contributed by atoms with van der Waals surface area (Å²) in [5.74, 6) is 0.320. The largest absolute Gasteiger partial charge is 0.381 e. The third-order valence-electron chi connectivity index (χ3n) is 8.17. The third-order valence-corrected chi connectivity index (χ3v) is 8.17. The fraction of sp³-hybridized carbons (Fsp3) is 0.581. The third kappa shape index (κ3) is 5.43. The molecule has 1 unspecified atom stereocenters. The van der Waals surface area contributed by atoms with E-state index in [1.165, 1.54) is 91.2 Å². The minimum absolute atomic E-state index is 0.320. The first-order chi connectivity index (χ1) is 16.0. The van der Waals surface area contributed by atoms with E-state index in [4.69, 9.17) is 4.74 Å². The van der Waals surface area contributed by atoms with Gasteiger partial charge in [0.15, 0.2) is 5.78 Å². The van der Waals surface area contributed by atoms with E-state index >= 15 is 0 Å². The number of fused-ring (bicyclic) bond motifs is 1. The van der Waals surface area contributed by atoms with E-state index in [1.807, 2.05) is 7.11 Å². The summed E-state index contributed by atoms with van der Waals surface area (Å²) in [4.78, 5) is 12.5. The van der Waals surface area contributed by atoms with Gasteiger partial charge in [-0.2, -0.15) is 0 Å². The van der Waals surface area contributed by atoms with Gasteiger partial charge in [-0.3, -0.25) is 4.79 Å². The smallest absolute Gasteiger partial charge is 0.163 e. The van der Waals surface area contributed by atoms with Gasteiger partial charge in [0.25, 0.3) is 0 Å². The van der Waals surface area contributed by atoms with Crippen molar-refractivity contribution in [3.05, 3.63) is 58.1 Å². The van der Waals surface area contributed by atoms with Crippen molar-refractivity contribution < 1.29 is 9.53 Å². The van der Waals surface area contributed by atoms with Gasteiger partial charge in [0.1, 0.15) is 0 Å². The molecule has 33 heavy (non-hydrogen) atoms. The van der Waals surface area contributed by atoms with Crippen LogP contribution in [0.5, 0.6) is 0 Å². The Morgan fingerprint density at radius 3 is 2.48 bits per heavy atom. The number of carbonyl (C=O) groups excluding carboxylic acids is 1. The molecular weight excluding hydrogens is 404 g/mol. The molecule has 1 saturated carbocycles. The summed E-state index contributed by atoms with van der Waals surface area (Å²) < 4.78 is 5.60. The van der Waals surface area contributed by atoms with Crippen LogP contribution >= 0.6 is 0 Å². The molecule has 0 spiro atoms. The highest BCUT2D eigenvalue weighted by Gasteiger charge is 2.39. The van der Waals surface area contributed by atoms with Gasteiger partial charge >= 0.3 is 0 Å². The second-order valence-corrected chi connectivity index (χ2v) is 10.7. The van der Waals surface area contributed by atoms with Crippen LogP contribution < -0.4 is 0 Å². The Labute approximate surface area is 201 Å². The van der Waals surface area contributed by atoms with Gasteiger partial charge in [-0.05, 0) is 90.7 Å². The monoisotopic (exact) mass is 446 g/mol. The zero-order chi connectivity index (χ0) is 23.4. The summed E-state index contributed by atoms with van der Waals surface area (Å²) >= 11 is 0. The first-order valence-corrected chi connectivity index (χ1v) is 13.3. The van der Waals surface area contributed by atoms with Crippen LogP contribution in [0.4, 0.5) is 0 Å². The molecule has 0 N–H and O–H groups in total. The number of aryl methyl sites for hydroxylation is 2. The highest BCUT2D eigenvalue weighted by molar-refractivity contribution is 6.03. The lowest BCUT2D eigenvalue weighted by Gasteiger charge is -2.19. The molecule has 2 aromatic carbocycles. The summed E-state index contributed by atoms with van der Waals surface area (Å²) in [6.45, 7) is 6.85. The minimum Gasteiger partial charge on any atom is -0.381 e. The van der Waals surface area contributed by atoms with Gasteiger partial charge < -0.3 is 4.74 Å². The van der Waals surface area contributed by atoms with Gasteiger partial charge in [-0.15, -0.1) is 0 Å². The van der Waals surface area contributed by atoms with Crippen molar-refractivity contribution in [2.45, 2.75) is 109 Å². The highest BCUT2D eigenvalue weighted by Crippen LogP contribution is 2.49. The van der Waals surface area contributed by atoms with E-state index in [2.05, 4.69) is 51.1 Å². The Morgan fingerprint density at radius 2 is 1.76 bits per heavy atom. The molecule has 178 valence electrons. The molecule has 0 bridgehead atoms. The molecule has 0 saturated heterocycles. The summed E-state index contributed by atoms with van der Waals surface area (Å²) in [6, 6.07) is 11.4. The SMILES string of the molecule is CCCC(CCCCCCc1ccc2c(c1-c1cc(C3(C)CC3)ccc1C)CCC2=O)OC. The van der Waals surface area contributed by atoms with Gasteiger partial charge in [0.05, 0.1) is 6.10 Å². The maximum Gasteiger partial charge on any atom is 0.163 e. The zero-order valence-electron chi connectivity index (χ0n) is 21.3. The molecule has 0 aromatic heterocycles. The lowest BCUT2D eigenvalue weighted by Crippen LogP contribution is -2.09. The fourth-order valence-corrected chi connectivity index (χ4v) is 5.62. The number of rotatable bonds is 12. The topological polar surface area (TPSA) is 26.3 Å². The second-order valence-electron chi connectivity index (χ2n) is 10.7. The quantitative estimate of drug-likeness (QED) is 0.307. The number of Topliss-reactive ketones (excluding diaryl/α,β-unsaturated/α-hetero) is 1. The summed E-state index contributed by atoms with van der Waals surface area (Å²) in [7, 11) is 1.85. The predicted octanol–water partition coefficient (Wildman–Crippen LogP) is 8.15. The Morgan fingerprint density at radius 1 is 0.970 bits per heavy atom. The number of methoxy groups -OCH3 is 1. The Kier molecular flexibility index (Phi) is 7.74. The first kappa shape index (κ1) is 24.2. The zero-order valence-corrected chi connectivity index (χ0v) is 21.3. The standard InChI is InChI=1S/C31H42O2/c1-5-10-25(33-4)12-9-7-6-8-11-23-14-16-26-27(17-18-29(26)32)30(23)28-21-24(15-13-22(28)2)31(3)19-20-31/h13-16,21,25H,5-12,17-20H2,1-4H3. The molecule has 2 aliphatic rings. The number of carbonyl (C=O) groups is 1. The van der Waals surface area contributed by atoms with Crippen molar-refractivity contribution in [3.63, 3.8) is 0 Å². The number of ether oxygens (including phenoxy) is 1. The number of benzene rings is 2. The van der Waals surface area contributed by atoms with Crippen LogP contribution in [0.2, 0.25) is 0 Å². The molecule has 0 radical (unpaired) electrons. The van der Waals surface area contributed by atoms with Crippen LogP contribution in [-0.2, 0) is 23.0 Å². The Balaban J connectivity index is 1.50. The molecule has 2 aromatic rings. The Bertz CT molecular complexity index is 983. The molecule has 4 rings (SSSR count). The van der Waals surface area contributed by atoms with E-state index in [1.54, 1.807) is 0 Å². The fourth-order valence-electron chi connectivity index (χ4n) is 5.62. The van der Waals surface area contributed by atoms with Gasteiger partial charge in [0, 0.05) is 19.1 Å². The normalized spacial score (nSPS) is 17.3. The van der Waals surface area contributed by atoms with E-state index in [9.17, 15) is 4.79 Å². The molecule has 2 aliphatic carbocycles. The number of ketones is 1. The Hall–Kier alpha value is -1.93. The highest BCUT2D eigenvalue weighted by atomic mass is 16.5. The van der Waals surface area contributed by atoms with Crippen LogP contribution in [0.15, 0.2) is 30.3 Å². The van der Waals surface area contributed by atoms with Gasteiger partial charge in [-0.25, -0.2) is 0 Å². The van der Waals surface area contributed by atoms with Gasteiger partial charge in [0.2, 0.25) is 0 Å². The van der Waals surface area contributed by atoms with E-state index < -0.39 is 0 Å². The summed E-state index contributed by atoms with van der Waals surface area (Å²) in [5.41, 5.74) is 9.61. The average Bonchev–Trinajstić information content (AvgIpc) is 3.46. The van der Waals surface area contributed by atoms with Crippen molar-refractivity contribution in [2.24, 2.45) is 0 Å². The summed E-state index contributed by atoms with van der Waals surface area (Å²) in [6.07, 6.45) is 14.2. The molecule has 0 heterocycles. The molecule has 1 fully saturated rings. The van der Waals surface area contributed by atoms with Crippen LogP contribution in [0.1, 0.15) is 111 Å². The molecule has 0 amide bonds. The second kappa shape index (κ2) is 10.6. The van der Waals surface area contributed by atoms with E-state index in [0.29, 0.717) is 23.7 Å². The van der Waals surface area contributed by atoms with Crippen LogP contribution in [0.3, 0.4) is 0 Å². The van der Waals surface area contributed by atoms with Crippen molar-refractivity contribution in [2.75, 3.05) is 7.11 Å². The van der Waals surface area contributed by atoms with Gasteiger partial charge in [-0.1, -0.05) is 69.9 Å². The average molecular weight is 447 g/mol. The lowest BCUT2D eigenvalue weighted by atomic mass is 9.85. The van der Waals surface area contributed by atoms with Crippen LogP contribution in [-0.4, -0.2) is 19.0 Å². The number of hydrogen-bond donors (Lipinski definition) is 0. The van der Waals surface area contributed by atoms with Crippen molar-refractivity contribution >= 4 is 5.78 Å². The van der Waals surface area contributed by atoms with Crippen molar-refractivity contribution in [1.82, 2.24) is 0 Å². The van der Waals surface area contributed by atoms with E-state index in [-0.39, 0.29) is 0 Å². The van der Waals surface area contributed by atoms with Crippen molar-refractivity contribution in [3.8, 4) is 11.1 Å². The molecule has 0 aliphatic heterocycles. The number of hydrogen-bond acceptors (Lipinski definition) is 2. The molecular formula is C31H42O2. The number of unbranched alkanes of at least 4 members (excludes halogenated alkanes) is 3. The molecule has 1 atom stereocenters. The van der Waals surface area contributed by atoms with Crippen LogP contribution in [0.25, 0.3) is 11.1 Å². The minimum atomic E-state index is 0.320. The predicted molar refractivity (Wildman–Crippen MR) is 138 cm³/mol. The molecule has 2 nitrogen and oxygen atoms in total.